The quantitative estimate of drug-likeness (QED) is 0.722. The topological polar surface area (TPSA) is 90.9 Å². The Bertz CT molecular complexity index is 789. The maximum absolute atomic E-state index is 12.4. The van der Waals surface area contributed by atoms with Gasteiger partial charge in [0.15, 0.2) is 0 Å². The van der Waals surface area contributed by atoms with E-state index >= 15 is 0 Å². The van der Waals surface area contributed by atoms with Gasteiger partial charge in [-0.3, -0.25) is 14.5 Å². The molecule has 0 radical (unpaired) electrons. The molecule has 0 spiro atoms. The Balaban J connectivity index is 1.51. The highest BCUT2D eigenvalue weighted by atomic mass is 32.2. The van der Waals surface area contributed by atoms with Gasteiger partial charge in [0.05, 0.1) is 4.90 Å². The van der Waals surface area contributed by atoms with Gasteiger partial charge >= 0.3 is 0 Å². The van der Waals surface area contributed by atoms with Crippen molar-refractivity contribution in [2.24, 2.45) is 10.9 Å². The number of fused-ring (bicyclic) bond motifs is 1. The Morgan fingerprint density at radius 2 is 2.19 bits per heavy atom. The number of likely N-dealkylation sites (tertiary alicyclic amines) is 1. The molecule has 0 aromatic heterocycles. The molecule has 1 fully saturated rings. The van der Waals surface area contributed by atoms with Gasteiger partial charge in [0.25, 0.3) is 10.0 Å². The standard InChI is InChI=1S/C18H26N4O3S/c1-19-12-14-6-5-11-22(13-14)17(23)9-4-10-20-18-15-7-2-3-8-16(15)26(24,25)21-18/h2-3,7-8,14,19H,4-6,9-13H2,1H3,(H,20,21). The summed E-state index contributed by atoms with van der Waals surface area (Å²) in [6.45, 7) is 3.02. The number of sulfonamides is 1. The van der Waals surface area contributed by atoms with E-state index in [1.54, 1.807) is 24.3 Å². The largest absolute Gasteiger partial charge is 0.342 e. The molecule has 8 heteroatoms. The molecule has 2 aliphatic rings. The lowest BCUT2D eigenvalue weighted by Gasteiger charge is -2.32. The van der Waals surface area contributed by atoms with E-state index in [2.05, 4.69) is 15.0 Å². The molecule has 0 aliphatic carbocycles. The van der Waals surface area contributed by atoms with E-state index in [1.807, 2.05) is 11.9 Å². The van der Waals surface area contributed by atoms with Crippen LogP contribution in [-0.4, -0.2) is 58.3 Å². The molecule has 3 rings (SSSR count). The third kappa shape index (κ3) is 4.24. The molecule has 26 heavy (non-hydrogen) atoms. The van der Waals surface area contributed by atoms with Crippen molar-refractivity contribution < 1.29 is 13.2 Å². The number of aliphatic imine (C=N–C) groups is 1. The van der Waals surface area contributed by atoms with Gasteiger partial charge in [0.1, 0.15) is 5.84 Å². The van der Waals surface area contributed by atoms with Crippen LogP contribution in [0.3, 0.4) is 0 Å². The predicted molar refractivity (Wildman–Crippen MR) is 101 cm³/mol. The Hall–Kier alpha value is -1.93. The lowest BCUT2D eigenvalue weighted by Crippen LogP contribution is -2.42. The average Bonchev–Trinajstić information content (AvgIpc) is 2.90. The number of nitrogens with zero attached hydrogens (tertiary/aromatic N) is 2. The summed E-state index contributed by atoms with van der Waals surface area (Å²) < 4.78 is 26.6. The van der Waals surface area contributed by atoms with E-state index < -0.39 is 10.0 Å². The van der Waals surface area contributed by atoms with Crippen LogP contribution in [0.25, 0.3) is 0 Å². The molecule has 1 aromatic rings. The zero-order valence-electron chi connectivity index (χ0n) is 15.1. The lowest BCUT2D eigenvalue weighted by molar-refractivity contribution is -0.133. The average molecular weight is 378 g/mol. The first-order valence-corrected chi connectivity index (χ1v) is 10.6. The summed E-state index contributed by atoms with van der Waals surface area (Å²) in [6, 6.07) is 6.80. The first kappa shape index (κ1) is 18.8. The lowest BCUT2D eigenvalue weighted by atomic mass is 9.97. The number of piperidine rings is 1. The minimum absolute atomic E-state index is 0.165. The molecule has 2 heterocycles. The normalized spacial score (nSPS) is 22.9. The maximum atomic E-state index is 12.4. The van der Waals surface area contributed by atoms with Gasteiger partial charge in [-0.2, -0.15) is 0 Å². The SMILES string of the molecule is CNCC1CCCN(C(=O)CCCN=C2NS(=O)(=O)c3ccccc32)C1. The molecule has 1 amide bonds. The van der Waals surface area contributed by atoms with Crippen LogP contribution in [0.1, 0.15) is 31.2 Å². The highest BCUT2D eigenvalue weighted by Gasteiger charge is 2.30. The summed E-state index contributed by atoms with van der Waals surface area (Å²) in [7, 11) is -1.56. The summed E-state index contributed by atoms with van der Waals surface area (Å²) in [5, 5.41) is 3.18. The number of hydrogen-bond donors (Lipinski definition) is 2. The van der Waals surface area contributed by atoms with Gasteiger partial charge in [-0.05, 0) is 50.9 Å². The third-order valence-electron chi connectivity index (χ3n) is 4.85. The van der Waals surface area contributed by atoms with Crippen LogP contribution in [-0.2, 0) is 14.8 Å². The predicted octanol–water partition coefficient (Wildman–Crippen LogP) is 0.963. The zero-order chi connectivity index (χ0) is 18.6. The molecule has 7 nitrogen and oxygen atoms in total. The summed E-state index contributed by atoms with van der Waals surface area (Å²) in [5.41, 5.74) is 0.602. The van der Waals surface area contributed by atoms with E-state index in [4.69, 9.17) is 0 Å². The van der Waals surface area contributed by atoms with Crippen molar-refractivity contribution in [3.8, 4) is 0 Å². The van der Waals surface area contributed by atoms with Crippen molar-refractivity contribution in [1.29, 1.82) is 0 Å². The smallest absolute Gasteiger partial charge is 0.263 e. The van der Waals surface area contributed by atoms with Gasteiger partial charge in [-0.1, -0.05) is 12.1 Å². The van der Waals surface area contributed by atoms with Gasteiger partial charge < -0.3 is 10.2 Å². The van der Waals surface area contributed by atoms with Gasteiger partial charge in [-0.15, -0.1) is 0 Å². The van der Waals surface area contributed by atoms with Crippen molar-refractivity contribution >= 4 is 21.8 Å². The second kappa shape index (κ2) is 8.18. The number of nitrogens with one attached hydrogen (secondary N) is 2. The molecule has 1 atom stereocenters. The molecule has 0 saturated carbocycles. The highest BCUT2D eigenvalue weighted by Crippen LogP contribution is 2.22. The van der Waals surface area contributed by atoms with Gasteiger partial charge in [0, 0.05) is 31.6 Å². The third-order valence-corrected chi connectivity index (χ3v) is 6.24. The first-order valence-electron chi connectivity index (χ1n) is 9.10. The second-order valence-corrected chi connectivity index (χ2v) is 8.49. The first-order chi connectivity index (χ1) is 12.5. The number of carbonyl (C=O) groups is 1. The molecule has 0 bridgehead atoms. The van der Waals surface area contributed by atoms with E-state index in [9.17, 15) is 13.2 Å². The fourth-order valence-corrected chi connectivity index (χ4v) is 4.83. The van der Waals surface area contributed by atoms with Crippen molar-refractivity contribution in [1.82, 2.24) is 14.9 Å². The number of amidine groups is 1. The van der Waals surface area contributed by atoms with Gasteiger partial charge in [-0.25, -0.2) is 8.42 Å². The fourth-order valence-electron chi connectivity index (χ4n) is 3.58. The molecule has 1 saturated heterocycles. The Morgan fingerprint density at radius 1 is 1.38 bits per heavy atom. The minimum atomic E-state index is -3.50. The molecule has 142 valence electrons. The van der Waals surface area contributed by atoms with E-state index in [0.29, 0.717) is 36.7 Å². The number of benzene rings is 1. The van der Waals surface area contributed by atoms with Crippen LogP contribution < -0.4 is 10.0 Å². The van der Waals surface area contributed by atoms with Crippen molar-refractivity contribution in [2.75, 3.05) is 33.2 Å². The molecular weight excluding hydrogens is 352 g/mol. The molecule has 2 aliphatic heterocycles. The maximum Gasteiger partial charge on any atom is 0.263 e. The highest BCUT2D eigenvalue weighted by molar-refractivity contribution is 7.90. The van der Waals surface area contributed by atoms with Crippen molar-refractivity contribution in [3.05, 3.63) is 29.8 Å². The second-order valence-electron chi connectivity index (χ2n) is 6.84. The summed E-state index contributed by atoms with van der Waals surface area (Å²) in [6.07, 6.45) is 3.27. The van der Waals surface area contributed by atoms with Crippen LogP contribution in [0.15, 0.2) is 34.2 Å². The van der Waals surface area contributed by atoms with E-state index in [0.717, 1.165) is 32.5 Å². The Kier molecular flexibility index (Phi) is 5.93. The summed E-state index contributed by atoms with van der Waals surface area (Å²) in [5.74, 6) is 1.07. The molecular formula is C18H26N4O3S. The number of rotatable bonds is 6. The van der Waals surface area contributed by atoms with Crippen LogP contribution in [0.5, 0.6) is 0 Å². The van der Waals surface area contributed by atoms with Gasteiger partial charge in [0.2, 0.25) is 5.91 Å². The Morgan fingerprint density at radius 3 is 3.00 bits per heavy atom. The van der Waals surface area contributed by atoms with Crippen LogP contribution in [0, 0.1) is 5.92 Å². The van der Waals surface area contributed by atoms with E-state index in [1.165, 1.54) is 0 Å². The van der Waals surface area contributed by atoms with Crippen molar-refractivity contribution in [3.63, 3.8) is 0 Å². The molecule has 1 aromatic carbocycles. The number of amides is 1. The van der Waals surface area contributed by atoms with Crippen LogP contribution in [0.2, 0.25) is 0 Å². The Labute approximate surface area is 154 Å². The van der Waals surface area contributed by atoms with E-state index in [-0.39, 0.29) is 10.8 Å². The van der Waals surface area contributed by atoms with Crippen molar-refractivity contribution in [2.45, 2.75) is 30.6 Å². The fraction of sp³-hybridized carbons (Fsp3) is 0.556. The monoisotopic (exact) mass is 378 g/mol. The molecule has 2 N–H and O–H groups in total. The van der Waals surface area contributed by atoms with Crippen LogP contribution >= 0.6 is 0 Å². The number of hydrogen-bond acceptors (Lipinski definition) is 5. The van der Waals surface area contributed by atoms with Crippen LogP contribution in [0.4, 0.5) is 0 Å². The number of carbonyl (C=O) groups excluding carboxylic acids is 1. The minimum Gasteiger partial charge on any atom is -0.342 e. The molecule has 1 unspecified atom stereocenters. The summed E-state index contributed by atoms with van der Waals surface area (Å²) in [4.78, 5) is 19.0. The zero-order valence-corrected chi connectivity index (χ0v) is 15.9. The summed E-state index contributed by atoms with van der Waals surface area (Å²) >= 11 is 0.